The molecule has 1 aliphatic rings. The van der Waals surface area contributed by atoms with Gasteiger partial charge in [-0.05, 0) is 36.4 Å². The third-order valence-electron chi connectivity index (χ3n) is 4.23. The van der Waals surface area contributed by atoms with Crippen molar-refractivity contribution < 1.29 is 14.4 Å². The Labute approximate surface area is 158 Å². The highest BCUT2D eigenvalue weighted by molar-refractivity contribution is 7.14. The molecule has 0 fully saturated rings. The summed E-state index contributed by atoms with van der Waals surface area (Å²) in [7, 11) is 0. The zero-order valence-corrected chi connectivity index (χ0v) is 15.3. The molecule has 3 heterocycles. The Morgan fingerprint density at radius 1 is 1.07 bits per heavy atom. The second-order valence-corrected chi connectivity index (χ2v) is 7.41. The van der Waals surface area contributed by atoms with Crippen LogP contribution in [0.4, 0.5) is 0 Å². The highest BCUT2D eigenvalue weighted by Crippen LogP contribution is 2.22. The molecule has 136 valence electrons. The summed E-state index contributed by atoms with van der Waals surface area (Å²) in [6.45, 7) is 2.10. The number of Topliss-reactive ketones (excluding diaryl/α,β-unsaturated/α-hetero) is 1. The van der Waals surface area contributed by atoms with Gasteiger partial charge in [0.1, 0.15) is 6.54 Å². The van der Waals surface area contributed by atoms with Crippen LogP contribution in [0.3, 0.4) is 0 Å². The summed E-state index contributed by atoms with van der Waals surface area (Å²) in [5, 5.41) is 12.0. The smallest absolute Gasteiger partial charge is 0.261 e. The number of hydrogen-bond donors (Lipinski definition) is 0. The van der Waals surface area contributed by atoms with Gasteiger partial charge in [-0.3, -0.25) is 19.3 Å². The number of amides is 2. The number of thiophene rings is 1. The van der Waals surface area contributed by atoms with E-state index in [-0.39, 0.29) is 37.1 Å². The van der Waals surface area contributed by atoms with Crippen LogP contribution in [0.2, 0.25) is 0 Å². The molecule has 0 N–H and O–H groups in total. The van der Waals surface area contributed by atoms with Crippen molar-refractivity contribution in [1.29, 1.82) is 0 Å². The van der Waals surface area contributed by atoms with Gasteiger partial charge in [0.15, 0.2) is 11.6 Å². The lowest BCUT2D eigenvalue weighted by Gasteiger charge is -2.11. The maximum Gasteiger partial charge on any atom is 0.261 e. The van der Waals surface area contributed by atoms with Crippen LogP contribution in [0.5, 0.6) is 0 Å². The molecule has 2 aromatic heterocycles. The van der Waals surface area contributed by atoms with Gasteiger partial charge in [-0.1, -0.05) is 12.1 Å². The Balaban J connectivity index is 1.38. The fraction of sp³-hybridized carbons (Fsp3) is 0.222. The van der Waals surface area contributed by atoms with Gasteiger partial charge in [-0.25, -0.2) is 0 Å². The Morgan fingerprint density at radius 3 is 2.41 bits per heavy atom. The molecule has 27 heavy (non-hydrogen) atoms. The fourth-order valence-electron chi connectivity index (χ4n) is 2.89. The Hall–Kier alpha value is -3.20. The van der Waals surface area contributed by atoms with Crippen molar-refractivity contribution in [2.24, 2.45) is 0 Å². The van der Waals surface area contributed by atoms with E-state index >= 15 is 0 Å². The largest absolute Gasteiger partial charge is 0.291 e. The number of carbonyl (C=O) groups excluding carboxylic acids is 3. The zero-order valence-electron chi connectivity index (χ0n) is 14.5. The van der Waals surface area contributed by atoms with Crippen LogP contribution >= 0.6 is 11.3 Å². The van der Waals surface area contributed by atoms with Crippen molar-refractivity contribution in [3.8, 4) is 0 Å². The van der Waals surface area contributed by atoms with Gasteiger partial charge in [0.25, 0.3) is 11.8 Å². The van der Waals surface area contributed by atoms with Crippen LogP contribution in [-0.4, -0.2) is 49.2 Å². The molecule has 9 heteroatoms. The van der Waals surface area contributed by atoms with E-state index in [1.165, 1.54) is 21.0 Å². The number of fused-ring (bicyclic) bond motifs is 1. The molecule has 0 saturated heterocycles. The highest BCUT2D eigenvalue weighted by Gasteiger charge is 2.34. The molecule has 0 aliphatic carbocycles. The first-order chi connectivity index (χ1) is 13.0. The summed E-state index contributed by atoms with van der Waals surface area (Å²) >= 11 is 1.42. The summed E-state index contributed by atoms with van der Waals surface area (Å²) in [6, 6.07) is 10.4. The van der Waals surface area contributed by atoms with Crippen LogP contribution in [-0.2, 0) is 13.0 Å². The summed E-state index contributed by atoms with van der Waals surface area (Å²) < 4.78 is 0. The monoisotopic (exact) mass is 381 g/mol. The van der Waals surface area contributed by atoms with E-state index in [1.807, 2.05) is 13.0 Å². The topological polar surface area (TPSA) is 98.0 Å². The van der Waals surface area contributed by atoms with Gasteiger partial charge in [0.05, 0.1) is 16.0 Å². The Bertz CT molecular complexity index is 1020. The Morgan fingerprint density at radius 2 is 1.78 bits per heavy atom. The maximum absolute atomic E-state index is 12.3. The van der Waals surface area contributed by atoms with E-state index in [9.17, 15) is 14.4 Å². The van der Waals surface area contributed by atoms with Crippen molar-refractivity contribution in [2.75, 3.05) is 6.54 Å². The molecular formula is C18H15N5O3S. The summed E-state index contributed by atoms with van der Waals surface area (Å²) in [4.78, 5) is 41.0. The molecular weight excluding hydrogens is 366 g/mol. The van der Waals surface area contributed by atoms with E-state index in [0.717, 1.165) is 4.88 Å². The van der Waals surface area contributed by atoms with E-state index < -0.39 is 0 Å². The molecule has 0 atom stereocenters. The number of hydrogen-bond acceptors (Lipinski definition) is 7. The van der Waals surface area contributed by atoms with Crippen molar-refractivity contribution in [2.45, 2.75) is 19.9 Å². The predicted octanol–water partition coefficient (Wildman–Crippen LogP) is 1.76. The normalized spacial score (nSPS) is 13.3. The molecule has 8 nitrogen and oxygen atoms in total. The SMILES string of the molecule is Cc1ccc(C(=O)Cn2nnc(CCN3C(=O)c4ccccc4C3=O)n2)s1. The number of benzene rings is 1. The average Bonchev–Trinajstić information content (AvgIpc) is 3.35. The summed E-state index contributed by atoms with van der Waals surface area (Å²) in [5.74, 6) is -0.336. The minimum absolute atomic E-state index is 0.0000298. The van der Waals surface area contributed by atoms with E-state index in [2.05, 4.69) is 15.4 Å². The first-order valence-corrected chi connectivity index (χ1v) is 9.16. The van der Waals surface area contributed by atoms with E-state index in [0.29, 0.717) is 21.8 Å². The number of rotatable bonds is 6. The highest BCUT2D eigenvalue weighted by atomic mass is 32.1. The predicted molar refractivity (Wildman–Crippen MR) is 96.7 cm³/mol. The maximum atomic E-state index is 12.3. The van der Waals surface area contributed by atoms with Crippen molar-refractivity contribution >= 4 is 28.9 Å². The molecule has 3 aromatic rings. The lowest BCUT2D eigenvalue weighted by Crippen LogP contribution is -2.32. The minimum Gasteiger partial charge on any atom is -0.291 e. The number of tetrazole rings is 1. The quantitative estimate of drug-likeness (QED) is 0.477. The number of nitrogens with zero attached hydrogens (tertiary/aromatic N) is 5. The first-order valence-electron chi connectivity index (χ1n) is 8.34. The van der Waals surface area contributed by atoms with E-state index in [1.54, 1.807) is 30.3 Å². The second-order valence-electron chi connectivity index (χ2n) is 6.13. The average molecular weight is 381 g/mol. The molecule has 2 amide bonds. The van der Waals surface area contributed by atoms with Gasteiger partial charge < -0.3 is 0 Å². The molecule has 0 bridgehead atoms. The summed E-state index contributed by atoms with van der Waals surface area (Å²) in [6.07, 6.45) is 0.276. The third kappa shape index (κ3) is 3.28. The fourth-order valence-corrected chi connectivity index (χ4v) is 3.69. The van der Waals surface area contributed by atoms with Gasteiger partial charge in [0, 0.05) is 17.8 Å². The van der Waals surface area contributed by atoms with Crippen LogP contribution in [0, 0.1) is 6.92 Å². The standard InChI is InChI=1S/C18H15N5O3S/c1-11-6-7-15(27-11)14(24)10-23-20-16(19-21-23)8-9-22-17(25)12-4-2-3-5-13(12)18(22)26/h2-7H,8-10H2,1H3. The third-order valence-corrected chi connectivity index (χ3v) is 5.27. The van der Waals surface area contributed by atoms with Crippen LogP contribution < -0.4 is 0 Å². The molecule has 0 radical (unpaired) electrons. The Kier molecular flexibility index (Phi) is 4.36. The van der Waals surface area contributed by atoms with Crippen molar-refractivity contribution in [1.82, 2.24) is 25.1 Å². The molecule has 0 spiro atoms. The molecule has 1 aromatic carbocycles. The van der Waals surface area contributed by atoms with Gasteiger partial charge in [-0.15, -0.1) is 21.5 Å². The number of ketones is 1. The van der Waals surface area contributed by atoms with Crippen LogP contribution in [0.25, 0.3) is 0 Å². The first kappa shape index (κ1) is 17.2. The van der Waals surface area contributed by atoms with Crippen molar-refractivity contribution in [3.05, 3.63) is 63.1 Å². The molecule has 0 unspecified atom stereocenters. The summed E-state index contributed by atoms with van der Waals surface area (Å²) in [5.41, 5.74) is 0.826. The van der Waals surface area contributed by atoms with Gasteiger partial charge >= 0.3 is 0 Å². The molecule has 4 rings (SSSR count). The lowest BCUT2D eigenvalue weighted by atomic mass is 10.1. The van der Waals surface area contributed by atoms with Gasteiger partial charge in [0.2, 0.25) is 0 Å². The number of aryl methyl sites for hydroxylation is 1. The minimum atomic E-state index is -0.314. The van der Waals surface area contributed by atoms with Crippen LogP contribution in [0.1, 0.15) is 41.1 Å². The van der Waals surface area contributed by atoms with Gasteiger partial charge in [-0.2, -0.15) is 4.80 Å². The number of aromatic nitrogens is 4. The number of imide groups is 1. The lowest BCUT2D eigenvalue weighted by molar-refractivity contribution is 0.0655. The van der Waals surface area contributed by atoms with Crippen LogP contribution in [0.15, 0.2) is 36.4 Å². The molecule has 0 saturated carbocycles. The zero-order chi connectivity index (χ0) is 19.0. The number of carbonyl (C=O) groups is 3. The molecule has 1 aliphatic heterocycles. The van der Waals surface area contributed by atoms with Crippen molar-refractivity contribution in [3.63, 3.8) is 0 Å². The second kappa shape index (κ2) is 6.84. The van der Waals surface area contributed by atoms with E-state index in [4.69, 9.17) is 0 Å².